The number of benzene rings is 2. The lowest BCUT2D eigenvalue weighted by atomic mass is 10.0. The molecule has 0 radical (unpaired) electrons. The molecule has 3 aromatic rings. The molecule has 10 heteroatoms. The molecule has 0 saturated carbocycles. The summed E-state index contributed by atoms with van der Waals surface area (Å²) in [6, 6.07) is 12.7. The maximum Gasteiger partial charge on any atom is 0.282 e. The highest BCUT2D eigenvalue weighted by Crippen LogP contribution is 2.25. The Morgan fingerprint density at radius 3 is 2.48 bits per heavy atom. The highest BCUT2D eigenvalue weighted by atomic mass is 32.2. The fourth-order valence-electron chi connectivity index (χ4n) is 3.61. The second-order valence-corrected chi connectivity index (χ2v) is 8.51. The van der Waals surface area contributed by atoms with Crippen molar-refractivity contribution in [1.29, 1.82) is 0 Å². The van der Waals surface area contributed by atoms with E-state index in [4.69, 9.17) is 5.26 Å². The molecule has 1 amide bonds. The summed E-state index contributed by atoms with van der Waals surface area (Å²) in [6.45, 7) is 3.74. The summed E-state index contributed by atoms with van der Waals surface area (Å²) in [5.41, 5.74) is 4.35. The average molecular weight is 467 g/mol. The molecule has 2 N–H and O–H groups in total. The van der Waals surface area contributed by atoms with E-state index in [1.54, 1.807) is 37.3 Å². The fraction of sp³-hybridized carbons (Fsp3) is 0.174. The van der Waals surface area contributed by atoms with Crippen LogP contribution >= 0.6 is 12.0 Å². The molecule has 0 saturated heterocycles. The molecule has 1 aliphatic heterocycles. The minimum atomic E-state index is -0.330. The minimum absolute atomic E-state index is 0.231. The van der Waals surface area contributed by atoms with Crippen LogP contribution in [-0.4, -0.2) is 30.2 Å². The number of carbonyl (C=O) groups is 1. The van der Waals surface area contributed by atoms with Gasteiger partial charge in [0.25, 0.3) is 11.5 Å². The SMILES string of the molecule is Cc1cc(N(C)C)ccc1/C=c1/c(C)c2c([nH]c1=O)=NN(c1ccc(SOOO)cc1)C2=O. The third-order valence-corrected chi connectivity index (χ3v) is 6.00. The van der Waals surface area contributed by atoms with E-state index in [-0.39, 0.29) is 17.0 Å². The Labute approximate surface area is 193 Å². The van der Waals surface area contributed by atoms with E-state index >= 15 is 0 Å². The first kappa shape index (κ1) is 22.7. The molecule has 0 fully saturated rings. The Bertz CT molecular complexity index is 1400. The number of fused-ring (bicyclic) bond motifs is 1. The number of aryl methyl sites for hydroxylation is 1. The number of aromatic nitrogens is 1. The molecule has 9 nitrogen and oxygen atoms in total. The maximum absolute atomic E-state index is 13.2. The number of pyridine rings is 1. The lowest BCUT2D eigenvalue weighted by molar-refractivity contribution is -0.432. The molecule has 1 aliphatic rings. The van der Waals surface area contributed by atoms with Gasteiger partial charge in [-0.3, -0.25) is 9.59 Å². The van der Waals surface area contributed by atoms with E-state index in [1.807, 2.05) is 44.1 Å². The number of carbonyl (C=O) groups excluding carboxylic acids is 1. The predicted octanol–water partition coefficient (Wildman–Crippen LogP) is 2.51. The minimum Gasteiger partial charge on any atom is -0.378 e. The second-order valence-electron chi connectivity index (χ2n) is 7.73. The van der Waals surface area contributed by atoms with Crippen molar-refractivity contribution in [3.8, 4) is 0 Å². The van der Waals surface area contributed by atoms with Crippen molar-refractivity contribution in [1.82, 2.24) is 4.98 Å². The van der Waals surface area contributed by atoms with Crippen molar-refractivity contribution in [3.63, 3.8) is 0 Å². The Hall–Kier alpha value is -3.44. The van der Waals surface area contributed by atoms with Crippen LogP contribution < -0.4 is 26.2 Å². The molecule has 0 aliphatic carbocycles. The summed E-state index contributed by atoms with van der Waals surface area (Å²) in [4.78, 5) is 31.4. The normalized spacial score (nSPS) is 13.3. The quantitative estimate of drug-likeness (QED) is 0.327. The van der Waals surface area contributed by atoms with E-state index < -0.39 is 0 Å². The topological polar surface area (TPSA) is 107 Å². The van der Waals surface area contributed by atoms with Crippen LogP contribution in [-0.2, 0) is 9.37 Å². The van der Waals surface area contributed by atoms with Gasteiger partial charge in [0.1, 0.15) is 0 Å². The van der Waals surface area contributed by atoms with Gasteiger partial charge in [-0.1, -0.05) is 11.1 Å². The Balaban J connectivity index is 1.72. The number of aromatic amines is 1. The molecule has 2 aromatic carbocycles. The van der Waals surface area contributed by atoms with Crippen molar-refractivity contribution >= 4 is 35.4 Å². The van der Waals surface area contributed by atoms with Gasteiger partial charge >= 0.3 is 0 Å². The summed E-state index contributed by atoms with van der Waals surface area (Å²) >= 11 is 0.810. The van der Waals surface area contributed by atoms with Gasteiger partial charge in [-0.15, -0.1) is 9.44 Å². The van der Waals surface area contributed by atoms with Crippen LogP contribution in [0.1, 0.15) is 27.0 Å². The summed E-state index contributed by atoms with van der Waals surface area (Å²) in [7, 11) is 3.94. The summed E-state index contributed by atoms with van der Waals surface area (Å²) < 4.78 is 4.40. The third kappa shape index (κ3) is 4.41. The van der Waals surface area contributed by atoms with Crippen LogP contribution in [0, 0.1) is 13.8 Å². The van der Waals surface area contributed by atoms with Crippen molar-refractivity contribution < 1.29 is 19.4 Å². The number of nitrogens with one attached hydrogen (secondary N) is 1. The number of rotatable bonds is 6. The van der Waals surface area contributed by atoms with Gasteiger partial charge in [-0.05, 0) is 73.0 Å². The van der Waals surface area contributed by atoms with Gasteiger partial charge < -0.3 is 9.88 Å². The molecule has 0 bridgehead atoms. The first-order valence-electron chi connectivity index (χ1n) is 10.0. The van der Waals surface area contributed by atoms with Crippen LogP contribution in [0.15, 0.2) is 57.3 Å². The zero-order valence-electron chi connectivity index (χ0n) is 18.4. The first-order chi connectivity index (χ1) is 15.8. The number of amides is 1. The average Bonchev–Trinajstić information content (AvgIpc) is 3.12. The van der Waals surface area contributed by atoms with Crippen LogP contribution in [0.3, 0.4) is 0 Å². The number of H-pyrrole nitrogens is 1. The number of hydrogen-bond donors (Lipinski definition) is 2. The highest BCUT2D eigenvalue weighted by molar-refractivity contribution is 7.94. The Morgan fingerprint density at radius 2 is 1.85 bits per heavy atom. The fourth-order valence-corrected chi connectivity index (χ4v) is 3.97. The monoisotopic (exact) mass is 466 g/mol. The van der Waals surface area contributed by atoms with Crippen molar-refractivity contribution in [2.24, 2.45) is 5.10 Å². The van der Waals surface area contributed by atoms with E-state index in [0.717, 1.165) is 28.9 Å². The zero-order chi connectivity index (χ0) is 23.7. The van der Waals surface area contributed by atoms with Gasteiger partial charge in [-0.25, -0.2) is 5.26 Å². The lowest BCUT2D eigenvalue weighted by Gasteiger charge is -2.14. The second kappa shape index (κ2) is 9.20. The molecular weight excluding hydrogens is 444 g/mol. The van der Waals surface area contributed by atoms with Gasteiger partial charge in [0.2, 0.25) is 0 Å². The zero-order valence-corrected chi connectivity index (χ0v) is 19.3. The molecular formula is C23H22N4O5S. The van der Waals surface area contributed by atoms with Gasteiger partial charge in [-0.2, -0.15) is 5.01 Å². The molecule has 0 atom stereocenters. The summed E-state index contributed by atoms with van der Waals surface area (Å²) in [5, 5.41) is 17.8. The Kier molecular flexibility index (Phi) is 6.34. The smallest absolute Gasteiger partial charge is 0.282 e. The van der Waals surface area contributed by atoms with E-state index in [1.165, 1.54) is 5.01 Å². The van der Waals surface area contributed by atoms with Crippen molar-refractivity contribution in [2.75, 3.05) is 24.0 Å². The molecule has 170 valence electrons. The molecule has 2 heterocycles. The molecule has 33 heavy (non-hydrogen) atoms. The maximum atomic E-state index is 13.2. The van der Waals surface area contributed by atoms with Crippen molar-refractivity contribution in [3.05, 3.63) is 85.8 Å². The standard InChI is InChI=1S/C23H22N4O5S/c1-13-11-17(26(3)4)6-5-15(13)12-19-14(2)20-21(24-22(19)28)25-27(23(20)29)16-7-9-18(10-8-16)33-32-31-30/h5-12,30H,1-4H3,(H,24,25,28)/b19-12-. The van der Waals surface area contributed by atoms with Crippen LogP contribution in [0.4, 0.5) is 11.4 Å². The number of anilines is 2. The largest absolute Gasteiger partial charge is 0.378 e. The summed E-state index contributed by atoms with van der Waals surface area (Å²) in [5.74, 6) is -0.330. The van der Waals surface area contributed by atoms with E-state index in [9.17, 15) is 9.59 Å². The molecule has 1 aromatic heterocycles. The third-order valence-electron chi connectivity index (χ3n) is 5.41. The number of nitrogens with zero attached hydrogens (tertiary/aromatic N) is 3. The van der Waals surface area contributed by atoms with Gasteiger partial charge in [0.15, 0.2) is 5.49 Å². The molecule has 4 rings (SSSR count). The van der Waals surface area contributed by atoms with Crippen LogP contribution in [0.2, 0.25) is 0 Å². The lowest BCUT2D eigenvalue weighted by Crippen LogP contribution is -2.38. The highest BCUT2D eigenvalue weighted by Gasteiger charge is 2.28. The summed E-state index contributed by atoms with van der Waals surface area (Å²) in [6.07, 6.45) is 1.80. The molecule has 0 spiro atoms. The Morgan fingerprint density at radius 1 is 1.12 bits per heavy atom. The predicted molar refractivity (Wildman–Crippen MR) is 126 cm³/mol. The van der Waals surface area contributed by atoms with Crippen molar-refractivity contribution in [2.45, 2.75) is 18.7 Å². The first-order valence-corrected chi connectivity index (χ1v) is 10.7. The van der Waals surface area contributed by atoms with Gasteiger partial charge in [0, 0.05) is 29.9 Å². The van der Waals surface area contributed by atoms with Gasteiger partial charge in [0.05, 0.1) is 23.3 Å². The van der Waals surface area contributed by atoms with Crippen LogP contribution in [0.5, 0.6) is 0 Å². The molecule has 0 unspecified atom stereocenters. The van der Waals surface area contributed by atoms with E-state index in [0.29, 0.717) is 26.9 Å². The number of hydrogen-bond acceptors (Lipinski definition) is 8. The van der Waals surface area contributed by atoms with E-state index in [2.05, 4.69) is 19.5 Å². The van der Waals surface area contributed by atoms with Crippen LogP contribution in [0.25, 0.3) is 6.08 Å².